The molecule has 1 aliphatic rings. The molecule has 13 heavy (non-hydrogen) atoms. The Hall–Kier alpha value is 0.350. The molecular weight excluding hydrogens is 183 g/mol. The third-order valence-electron chi connectivity index (χ3n) is 1.60. The molecule has 0 N–H and O–H groups in total. The third-order valence-corrected chi connectivity index (χ3v) is 3.11. The summed E-state index contributed by atoms with van der Waals surface area (Å²) in [6, 6.07) is 0. The smallest absolute Gasteiger partial charge is 0.168 e. The van der Waals surface area contributed by atoms with Crippen molar-refractivity contribution in [3.8, 4) is 0 Å². The minimum Gasteiger partial charge on any atom is -0.328 e. The number of hydrogen-bond acceptors (Lipinski definition) is 2. The zero-order chi connectivity index (χ0) is 10.7. The molecule has 2 nitrogen and oxygen atoms in total. The van der Waals surface area contributed by atoms with Crippen molar-refractivity contribution in [1.29, 1.82) is 0 Å². The molecule has 0 aromatic carbocycles. The van der Waals surface area contributed by atoms with Gasteiger partial charge in [0.1, 0.15) is 0 Å². The number of hydrogen-bond donors (Lipinski definition) is 0. The van der Waals surface area contributed by atoms with Gasteiger partial charge in [-0.25, -0.2) is 0 Å². The summed E-state index contributed by atoms with van der Waals surface area (Å²) in [7, 11) is -0.668. The molecule has 0 aliphatic carbocycles. The van der Waals surface area contributed by atoms with Crippen LogP contribution in [0.5, 0.6) is 0 Å². The summed E-state index contributed by atoms with van der Waals surface area (Å²) in [6.45, 7) is 14.5. The summed E-state index contributed by atoms with van der Waals surface area (Å²) in [4.78, 5) is 0. The Morgan fingerprint density at radius 2 is 1.23 bits per heavy atom. The van der Waals surface area contributed by atoms with Gasteiger partial charge >= 0.3 is 0 Å². The summed E-state index contributed by atoms with van der Waals surface area (Å²) in [6.07, 6.45) is 0.965. The highest BCUT2D eigenvalue weighted by molar-refractivity contribution is 7.46. The highest BCUT2D eigenvalue weighted by Crippen LogP contribution is 2.51. The average molecular weight is 206 g/mol. The Balaban J connectivity index is 0.000000671. The van der Waals surface area contributed by atoms with Gasteiger partial charge in [-0.2, -0.15) is 0 Å². The van der Waals surface area contributed by atoms with Crippen LogP contribution in [0.15, 0.2) is 0 Å². The maximum absolute atomic E-state index is 5.65. The molecule has 0 bridgehead atoms. The van der Waals surface area contributed by atoms with Gasteiger partial charge in [0.2, 0.25) is 0 Å². The molecule has 1 fully saturated rings. The van der Waals surface area contributed by atoms with Crippen molar-refractivity contribution in [3.05, 3.63) is 0 Å². The first-order valence-electron chi connectivity index (χ1n) is 4.93. The van der Waals surface area contributed by atoms with Crippen LogP contribution < -0.4 is 0 Å². The molecule has 1 saturated heterocycles. The maximum Gasteiger partial charge on any atom is 0.168 e. The molecule has 80 valence electrons. The molecule has 0 aromatic rings. The fraction of sp³-hybridized carbons (Fsp3) is 1.00. The fourth-order valence-electron chi connectivity index (χ4n) is 1.80. The van der Waals surface area contributed by atoms with Crippen molar-refractivity contribution in [3.63, 3.8) is 0 Å². The monoisotopic (exact) mass is 206 g/mol. The van der Waals surface area contributed by atoms with Crippen LogP contribution in [0.3, 0.4) is 0 Å². The Kier molecular flexibility index (Phi) is 4.85. The van der Waals surface area contributed by atoms with E-state index in [1.165, 1.54) is 0 Å². The topological polar surface area (TPSA) is 18.5 Å². The lowest BCUT2D eigenvalue weighted by Gasteiger charge is -2.43. The summed E-state index contributed by atoms with van der Waals surface area (Å²) >= 11 is 0. The second kappa shape index (κ2) is 4.72. The van der Waals surface area contributed by atoms with Crippen molar-refractivity contribution in [2.24, 2.45) is 0 Å². The van der Waals surface area contributed by atoms with Gasteiger partial charge < -0.3 is 9.05 Å². The molecule has 0 unspecified atom stereocenters. The molecule has 1 heterocycles. The largest absolute Gasteiger partial charge is 0.328 e. The summed E-state index contributed by atoms with van der Waals surface area (Å²) in [5.74, 6) is 0. The molecule has 1 rings (SSSR count). The molecule has 3 heteroatoms. The second-order valence-corrected chi connectivity index (χ2v) is 5.56. The lowest BCUT2D eigenvalue weighted by molar-refractivity contribution is -0.0437. The summed E-state index contributed by atoms with van der Waals surface area (Å²) < 4.78 is 11.3. The third kappa shape index (κ3) is 4.95. The summed E-state index contributed by atoms with van der Waals surface area (Å²) in [5, 5.41) is 0. The van der Waals surface area contributed by atoms with Gasteiger partial charge in [-0.1, -0.05) is 13.8 Å². The van der Waals surface area contributed by atoms with Crippen molar-refractivity contribution < 1.29 is 9.05 Å². The van der Waals surface area contributed by atoms with Crippen LogP contribution in [-0.4, -0.2) is 17.9 Å². The lowest BCUT2D eigenvalue weighted by atomic mass is 9.93. The van der Waals surface area contributed by atoms with Gasteiger partial charge in [0.25, 0.3) is 0 Å². The Labute approximate surface area is 83.9 Å². The molecule has 0 spiro atoms. The van der Waals surface area contributed by atoms with E-state index in [1.807, 2.05) is 20.5 Å². The Morgan fingerprint density at radius 3 is 1.46 bits per heavy atom. The molecule has 0 amide bonds. The minimum absolute atomic E-state index is 0.0117. The second-order valence-electron chi connectivity index (χ2n) is 4.32. The normalized spacial score (nSPS) is 26.1. The van der Waals surface area contributed by atoms with Crippen LogP contribution >= 0.6 is 8.38 Å². The van der Waals surface area contributed by atoms with E-state index < -0.39 is 8.38 Å². The molecule has 0 saturated carbocycles. The average Bonchev–Trinajstić information content (AvgIpc) is 1.82. The molecule has 0 aromatic heterocycles. The quantitative estimate of drug-likeness (QED) is 0.559. The van der Waals surface area contributed by atoms with Gasteiger partial charge in [-0.3, -0.25) is 0 Å². The first-order chi connectivity index (χ1) is 5.81. The van der Waals surface area contributed by atoms with Gasteiger partial charge in [0, 0.05) is 13.1 Å². The van der Waals surface area contributed by atoms with Gasteiger partial charge in [0.15, 0.2) is 8.38 Å². The van der Waals surface area contributed by atoms with E-state index in [0.29, 0.717) is 0 Å². The van der Waals surface area contributed by atoms with E-state index in [0.717, 1.165) is 6.42 Å². The minimum atomic E-state index is -0.668. The van der Waals surface area contributed by atoms with E-state index >= 15 is 0 Å². The predicted octanol–water partition coefficient (Wildman–Crippen LogP) is 3.95. The standard InChI is InChI=1S/C8H17O2P.C2H6/c1-7(2)6-8(3,4)10-11(5)9-7;1-2/h6H2,1-5H3;1-2H3. The van der Waals surface area contributed by atoms with Crippen LogP contribution in [0.4, 0.5) is 0 Å². The molecule has 1 aliphatic heterocycles. The van der Waals surface area contributed by atoms with Crippen LogP contribution in [-0.2, 0) is 9.05 Å². The van der Waals surface area contributed by atoms with Crippen LogP contribution in [0, 0.1) is 0 Å². The van der Waals surface area contributed by atoms with Crippen LogP contribution in [0.2, 0.25) is 0 Å². The Bertz CT molecular complexity index is 139. The van der Waals surface area contributed by atoms with Crippen molar-refractivity contribution >= 4 is 8.38 Å². The molecule has 0 atom stereocenters. The lowest BCUT2D eigenvalue weighted by Crippen LogP contribution is -2.40. The maximum atomic E-state index is 5.65. The highest BCUT2D eigenvalue weighted by atomic mass is 31.2. The Morgan fingerprint density at radius 1 is 0.923 bits per heavy atom. The number of rotatable bonds is 0. The first kappa shape index (κ1) is 13.4. The highest BCUT2D eigenvalue weighted by Gasteiger charge is 2.38. The van der Waals surface area contributed by atoms with Crippen molar-refractivity contribution in [2.45, 2.75) is 59.2 Å². The van der Waals surface area contributed by atoms with Gasteiger partial charge in [0.05, 0.1) is 11.2 Å². The van der Waals surface area contributed by atoms with E-state index in [2.05, 4.69) is 27.7 Å². The zero-order valence-corrected chi connectivity index (χ0v) is 10.9. The van der Waals surface area contributed by atoms with Crippen molar-refractivity contribution in [2.75, 3.05) is 6.66 Å². The van der Waals surface area contributed by atoms with E-state index in [4.69, 9.17) is 9.05 Å². The van der Waals surface area contributed by atoms with Gasteiger partial charge in [-0.15, -0.1) is 0 Å². The SMILES string of the molecule is CC.CP1OC(C)(C)CC(C)(C)O1. The zero-order valence-electron chi connectivity index (χ0n) is 9.97. The van der Waals surface area contributed by atoms with Crippen LogP contribution in [0.1, 0.15) is 48.0 Å². The summed E-state index contributed by atoms with van der Waals surface area (Å²) in [5.41, 5.74) is -0.0234. The van der Waals surface area contributed by atoms with Crippen LogP contribution in [0.25, 0.3) is 0 Å². The van der Waals surface area contributed by atoms with Crippen molar-refractivity contribution in [1.82, 2.24) is 0 Å². The van der Waals surface area contributed by atoms with E-state index in [1.54, 1.807) is 0 Å². The van der Waals surface area contributed by atoms with E-state index in [-0.39, 0.29) is 11.2 Å². The molecule has 0 radical (unpaired) electrons. The van der Waals surface area contributed by atoms with Gasteiger partial charge in [-0.05, 0) is 27.7 Å². The molecular formula is C10H23O2P. The van der Waals surface area contributed by atoms with E-state index in [9.17, 15) is 0 Å². The predicted molar refractivity (Wildman–Crippen MR) is 59.1 cm³/mol. The first-order valence-corrected chi connectivity index (χ1v) is 6.55. The fourth-order valence-corrected chi connectivity index (χ4v) is 3.36.